The number of anilines is 2. The number of benzene rings is 2. The van der Waals surface area contributed by atoms with Crippen LogP contribution < -0.4 is 9.80 Å². The lowest BCUT2D eigenvalue weighted by Crippen LogP contribution is -2.45. The van der Waals surface area contributed by atoms with E-state index in [1.165, 1.54) is 11.0 Å². The van der Waals surface area contributed by atoms with Gasteiger partial charge in [0.1, 0.15) is 11.4 Å². The number of amides is 2. The van der Waals surface area contributed by atoms with Crippen molar-refractivity contribution in [2.45, 2.75) is 46.1 Å². The van der Waals surface area contributed by atoms with Crippen molar-refractivity contribution in [1.82, 2.24) is 4.90 Å². The molecule has 0 aliphatic carbocycles. The van der Waals surface area contributed by atoms with E-state index in [9.17, 15) is 14.0 Å². The van der Waals surface area contributed by atoms with Crippen molar-refractivity contribution in [3.05, 3.63) is 57.8 Å². The molecule has 1 heterocycles. The van der Waals surface area contributed by atoms with Crippen molar-refractivity contribution in [2.24, 2.45) is 11.8 Å². The Bertz CT molecular complexity index is 1110. The van der Waals surface area contributed by atoms with Gasteiger partial charge in [-0.3, -0.25) is 9.69 Å². The van der Waals surface area contributed by atoms with Gasteiger partial charge in [-0.05, 0) is 77.4 Å². The van der Waals surface area contributed by atoms with Crippen LogP contribution in [0.5, 0.6) is 0 Å². The topological polar surface area (TPSA) is 53.1 Å². The van der Waals surface area contributed by atoms with Crippen LogP contribution in [0.2, 0.25) is 10.0 Å². The fourth-order valence-electron chi connectivity index (χ4n) is 4.52. The minimum Gasteiger partial charge on any atom is -0.443 e. The molecule has 2 aromatic carbocycles. The van der Waals surface area contributed by atoms with Gasteiger partial charge in [-0.1, -0.05) is 48.3 Å². The van der Waals surface area contributed by atoms with Gasteiger partial charge in [-0.15, -0.1) is 0 Å². The molecule has 0 spiro atoms. The maximum atomic E-state index is 14.3. The third kappa shape index (κ3) is 7.59. The van der Waals surface area contributed by atoms with Crippen molar-refractivity contribution < 1.29 is 18.7 Å². The SMILES string of the molecule is C[C@@H]1C[C@H](Cc2ccccc2F)CN(c2c(Cl)cc(N(CCN(C)C)C(=O)OC(C)(C)C)cc2Cl)C1=O. The Morgan fingerprint density at radius 3 is 2.32 bits per heavy atom. The highest BCUT2D eigenvalue weighted by atomic mass is 35.5. The monoisotopic (exact) mass is 551 g/mol. The Morgan fingerprint density at radius 2 is 1.76 bits per heavy atom. The Balaban J connectivity index is 1.92. The molecule has 0 bridgehead atoms. The molecule has 9 heteroatoms. The summed E-state index contributed by atoms with van der Waals surface area (Å²) in [6.07, 6.45) is 0.640. The first-order chi connectivity index (χ1) is 17.3. The summed E-state index contributed by atoms with van der Waals surface area (Å²) in [5.41, 5.74) is 0.828. The minimum atomic E-state index is -0.676. The number of hydrogen-bond acceptors (Lipinski definition) is 4. The predicted octanol–water partition coefficient (Wildman–Crippen LogP) is 6.67. The molecule has 2 amide bonds. The van der Waals surface area contributed by atoms with Crippen LogP contribution in [0.25, 0.3) is 0 Å². The van der Waals surface area contributed by atoms with E-state index in [4.69, 9.17) is 27.9 Å². The van der Waals surface area contributed by atoms with E-state index in [0.717, 1.165) is 0 Å². The van der Waals surface area contributed by atoms with Gasteiger partial charge in [0.25, 0.3) is 0 Å². The van der Waals surface area contributed by atoms with E-state index >= 15 is 0 Å². The fourth-order valence-corrected chi connectivity index (χ4v) is 5.20. The van der Waals surface area contributed by atoms with Crippen LogP contribution in [0.4, 0.5) is 20.6 Å². The highest BCUT2D eigenvalue weighted by Crippen LogP contribution is 2.41. The summed E-state index contributed by atoms with van der Waals surface area (Å²) >= 11 is 13.5. The van der Waals surface area contributed by atoms with Gasteiger partial charge >= 0.3 is 6.09 Å². The Labute approximate surface area is 229 Å². The molecule has 3 rings (SSSR count). The summed E-state index contributed by atoms with van der Waals surface area (Å²) in [6.45, 7) is 8.60. The second kappa shape index (κ2) is 12.0. The zero-order chi connectivity index (χ0) is 27.5. The Hall–Kier alpha value is -2.35. The number of nitrogens with zero attached hydrogens (tertiary/aromatic N) is 3. The van der Waals surface area contributed by atoms with Crippen molar-refractivity contribution in [2.75, 3.05) is 43.5 Å². The smallest absolute Gasteiger partial charge is 0.414 e. The number of carbonyl (C=O) groups excluding carboxylic acids is 2. The van der Waals surface area contributed by atoms with Crippen LogP contribution in [0, 0.1) is 17.7 Å². The molecular formula is C28H36Cl2FN3O3. The molecule has 1 fully saturated rings. The van der Waals surface area contributed by atoms with Crippen LogP contribution in [0.1, 0.15) is 39.7 Å². The summed E-state index contributed by atoms with van der Waals surface area (Å²) < 4.78 is 19.9. The van der Waals surface area contributed by atoms with E-state index in [2.05, 4.69) is 0 Å². The molecule has 2 aromatic rings. The summed E-state index contributed by atoms with van der Waals surface area (Å²) in [5.74, 6) is -0.567. The van der Waals surface area contributed by atoms with Crippen molar-refractivity contribution in [3.63, 3.8) is 0 Å². The zero-order valence-electron chi connectivity index (χ0n) is 22.4. The Morgan fingerprint density at radius 1 is 1.14 bits per heavy atom. The zero-order valence-corrected chi connectivity index (χ0v) is 23.9. The van der Waals surface area contributed by atoms with Gasteiger partial charge in [0.15, 0.2) is 0 Å². The number of rotatable bonds is 7. The molecule has 2 atom stereocenters. The summed E-state index contributed by atoms with van der Waals surface area (Å²) in [4.78, 5) is 31.3. The van der Waals surface area contributed by atoms with E-state index in [1.54, 1.807) is 49.9 Å². The van der Waals surface area contributed by atoms with E-state index in [-0.39, 0.29) is 33.6 Å². The number of piperidine rings is 1. The average molecular weight is 553 g/mol. The van der Waals surface area contributed by atoms with E-state index in [1.807, 2.05) is 32.0 Å². The maximum Gasteiger partial charge on any atom is 0.414 e. The maximum absolute atomic E-state index is 14.3. The molecule has 1 aliphatic rings. The number of likely N-dealkylation sites (N-methyl/N-ethyl adjacent to an activating group) is 1. The molecule has 202 valence electrons. The van der Waals surface area contributed by atoms with Gasteiger partial charge in [-0.2, -0.15) is 0 Å². The van der Waals surface area contributed by atoms with Crippen molar-refractivity contribution in [3.8, 4) is 0 Å². The Kier molecular flexibility index (Phi) is 9.48. The molecule has 0 unspecified atom stereocenters. The van der Waals surface area contributed by atoms with Gasteiger partial charge in [0.2, 0.25) is 5.91 Å². The van der Waals surface area contributed by atoms with Crippen LogP contribution in [-0.4, -0.2) is 56.2 Å². The first kappa shape index (κ1) is 29.2. The van der Waals surface area contributed by atoms with Crippen molar-refractivity contribution in [1.29, 1.82) is 0 Å². The molecule has 1 saturated heterocycles. The van der Waals surface area contributed by atoms with Gasteiger partial charge in [-0.25, -0.2) is 9.18 Å². The molecule has 0 aromatic heterocycles. The number of halogens is 3. The van der Waals surface area contributed by atoms with Gasteiger partial charge in [0, 0.05) is 25.6 Å². The first-order valence-electron chi connectivity index (χ1n) is 12.5. The molecule has 0 saturated carbocycles. The predicted molar refractivity (Wildman–Crippen MR) is 148 cm³/mol. The first-order valence-corrected chi connectivity index (χ1v) is 13.2. The highest BCUT2D eigenvalue weighted by Gasteiger charge is 2.35. The van der Waals surface area contributed by atoms with Crippen LogP contribution in [0.3, 0.4) is 0 Å². The number of carbonyl (C=O) groups is 2. The van der Waals surface area contributed by atoms with Gasteiger partial charge in [0.05, 0.1) is 21.4 Å². The third-order valence-corrected chi connectivity index (χ3v) is 6.83. The van der Waals surface area contributed by atoms with Gasteiger partial charge < -0.3 is 14.5 Å². The van der Waals surface area contributed by atoms with E-state index < -0.39 is 11.7 Å². The normalized spacial score (nSPS) is 18.3. The highest BCUT2D eigenvalue weighted by molar-refractivity contribution is 6.40. The summed E-state index contributed by atoms with van der Waals surface area (Å²) in [7, 11) is 3.83. The average Bonchev–Trinajstić information content (AvgIpc) is 2.76. The van der Waals surface area contributed by atoms with Crippen LogP contribution >= 0.6 is 23.2 Å². The molecular weight excluding hydrogens is 516 g/mol. The molecule has 0 N–H and O–H groups in total. The second-order valence-corrected chi connectivity index (χ2v) is 11.8. The lowest BCUT2D eigenvalue weighted by molar-refractivity contribution is -0.124. The molecule has 1 aliphatic heterocycles. The largest absolute Gasteiger partial charge is 0.443 e. The molecule has 37 heavy (non-hydrogen) atoms. The lowest BCUT2D eigenvalue weighted by Gasteiger charge is -2.37. The quantitative estimate of drug-likeness (QED) is 0.385. The standard InChI is InChI=1S/C28H36Cl2FN3O3/c1-18-13-19(14-20-9-7-8-10-24(20)31)17-34(26(18)35)25-22(29)15-21(16-23(25)30)33(12-11-32(5)6)27(36)37-28(2,3)4/h7-10,15-16,18-19H,11-14,17H2,1-6H3/t18-,19-/m1/s1. The lowest BCUT2D eigenvalue weighted by atomic mass is 9.85. The van der Waals surface area contributed by atoms with E-state index in [0.29, 0.717) is 49.4 Å². The minimum absolute atomic E-state index is 0.0368. The summed E-state index contributed by atoms with van der Waals surface area (Å²) in [6, 6.07) is 9.98. The fraction of sp³-hybridized carbons (Fsp3) is 0.500. The summed E-state index contributed by atoms with van der Waals surface area (Å²) in [5, 5.41) is 0.515. The van der Waals surface area contributed by atoms with Crippen LogP contribution in [-0.2, 0) is 16.0 Å². The third-order valence-electron chi connectivity index (χ3n) is 6.25. The molecule has 6 nitrogen and oxygen atoms in total. The number of ether oxygens (including phenoxy) is 1. The number of hydrogen-bond donors (Lipinski definition) is 0. The second-order valence-electron chi connectivity index (χ2n) is 10.9. The molecule has 0 radical (unpaired) electrons. The van der Waals surface area contributed by atoms with Crippen LogP contribution in [0.15, 0.2) is 36.4 Å². The van der Waals surface area contributed by atoms with Crippen molar-refractivity contribution >= 4 is 46.6 Å².